The Kier molecular flexibility index (Phi) is 5.53. The van der Waals surface area contributed by atoms with E-state index in [1.807, 2.05) is 31.4 Å². The summed E-state index contributed by atoms with van der Waals surface area (Å²) in [7, 11) is 1.82. The van der Waals surface area contributed by atoms with Crippen molar-refractivity contribution >= 4 is 11.8 Å². The van der Waals surface area contributed by atoms with Gasteiger partial charge in [0.05, 0.1) is 0 Å². The van der Waals surface area contributed by atoms with Gasteiger partial charge in [0.15, 0.2) is 0 Å². The van der Waals surface area contributed by atoms with E-state index < -0.39 is 0 Å². The highest BCUT2D eigenvalue weighted by Crippen LogP contribution is 2.18. The van der Waals surface area contributed by atoms with E-state index in [-0.39, 0.29) is 6.03 Å². The van der Waals surface area contributed by atoms with Crippen molar-refractivity contribution < 1.29 is 4.79 Å². The van der Waals surface area contributed by atoms with Crippen molar-refractivity contribution in [3.05, 3.63) is 59.3 Å². The Hall–Kier alpha value is -2.56. The molecule has 5 nitrogen and oxygen atoms in total. The summed E-state index contributed by atoms with van der Waals surface area (Å²) in [6.07, 6.45) is 4.28. The number of urea groups is 1. The first-order chi connectivity index (χ1) is 12.1. The molecule has 0 aliphatic carbocycles. The first-order valence-corrected chi connectivity index (χ1v) is 8.87. The molecule has 1 saturated heterocycles. The summed E-state index contributed by atoms with van der Waals surface area (Å²) in [5.74, 6) is 1.01. The molecule has 1 aliphatic rings. The molecule has 2 aromatic rings. The predicted molar refractivity (Wildman–Crippen MR) is 101 cm³/mol. The maximum atomic E-state index is 12.4. The minimum Gasteiger partial charge on any atom is -0.357 e. The number of hydrogen-bond acceptors (Lipinski definition) is 3. The number of amides is 2. The van der Waals surface area contributed by atoms with Crippen LogP contribution in [0.25, 0.3) is 0 Å². The predicted octanol–water partition coefficient (Wildman–Crippen LogP) is 3.33. The van der Waals surface area contributed by atoms with Gasteiger partial charge in [0.1, 0.15) is 5.82 Å². The standard InChI is InChI=1S/C20H26N4O/c1-16-7-3-4-8-18(16)15-23(2)20(25)22-14-17-9-10-21-19(13-17)24-11-5-6-12-24/h3-4,7-10,13H,5-6,11-12,14-15H2,1-2H3,(H,22,25). The van der Waals surface area contributed by atoms with Crippen molar-refractivity contribution in [2.24, 2.45) is 0 Å². The van der Waals surface area contributed by atoms with Crippen molar-refractivity contribution in [3.63, 3.8) is 0 Å². The van der Waals surface area contributed by atoms with E-state index in [1.54, 1.807) is 4.90 Å². The number of hydrogen-bond donors (Lipinski definition) is 1. The van der Waals surface area contributed by atoms with Crippen LogP contribution in [0, 0.1) is 6.92 Å². The van der Waals surface area contributed by atoms with E-state index in [9.17, 15) is 4.79 Å². The summed E-state index contributed by atoms with van der Waals surface area (Å²) in [4.78, 5) is 20.8. The molecular formula is C20H26N4O. The average Bonchev–Trinajstić information content (AvgIpc) is 3.16. The van der Waals surface area contributed by atoms with Gasteiger partial charge < -0.3 is 15.1 Å². The smallest absolute Gasteiger partial charge is 0.317 e. The van der Waals surface area contributed by atoms with Crippen LogP contribution < -0.4 is 10.2 Å². The topological polar surface area (TPSA) is 48.5 Å². The number of nitrogens with one attached hydrogen (secondary N) is 1. The monoisotopic (exact) mass is 338 g/mol. The summed E-state index contributed by atoms with van der Waals surface area (Å²) in [5.41, 5.74) is 3.45. The third-order valence-corrected chi connectivity index (χ3v) is 4.70. The summed E-state index contributed by atoms with van der Waals surface area (Å²) in [5, 5.41) is 3.00. The molecule has 0 atom stereocenters. The fraction of sp³-hybridized carbons (Fsp3) is 0.400. The molecule has 0 bridgehead atoms. The fourth-order valence-electron chi connectivity index (χ4n) is 3.12. The Labute approximate surface area is 149 Å². The Morgan fingerprint density at radius 2 is 2.00 bits per heavy atom. The van der Waals surface area contributed by atoms with Crippen LogP contribution in [0.15, 0.2) is 42.6 Å². The van der Waals surface area contributed by atoms with Gasteiger partial charge in [-0.25, -0.2) is 9.78 Å². The molecule has 1 aromatic carbocycles. The van der Waals surface area contributed by atoms with Gasteiger partial charge in [0.2, 0.25) is 0 Å². The van der Waals surface area contributed by atoms with Gasteiger partial charge in [-0.1, -0.05) is 24.3 Å². The molecule has 25 heavy (non-hydrogen) atoms. The van der Waals surface area contributed by atoms with Crippen LogP contribution in [0.1, 0.15) is 29.5 Å². The zero-order valence-electron chi connectivity index (χ0n) is 15.0. The lowest BCUT2D eigenvalue weighted by atomic mass is 10.1. The van der Waals surface area contributed by atoms with Crippen LogP contribution in [-0.2, 0) is 13.1 Å². The summed E-state index contributed by atoms with van der Waals surface area (Å²) >= 11 is 0. The van der Waals surface area contributed by atoms with Crippen molar-refractivity contribution in [1.82, 2.24) is 15.2 Å². The van der Waals surface area contributed by atoms with Crippen LogP contribution in [0.3, 0.4) is 0 Å². The van der Waals surface area contributed by atoms with Gasteiger partial charge in [-0.15, -0.1) is 0 Å². The van der Waals surface area contributed by atoms with Crippen LogP contribution in [-0.4, -0.2) is 36.1 Å². The molecule has 2 amide bonds. The number of rotatable bonds is 5. The molecule has 1 aromatic heterocycles. The number of aromatic nitrogens is 1. The maximum Gasteiger partial charge on any atom is 0.317 e. The van der Waals surface area contributed by atoms with E-state index >= 15 is 0 Å². The van der Waals surface area contributed by atoms with E-state index in [2.05, 4.69) is 40.3 Å². The molecule has 1 aliphatic heterocycles. The zero-order valence-corrected chi connectivity index (χ0v) is 15.0. The van der Waals surface area contributed by atoms with Crippen molar-refractivity contribution in [2.45, 2.75) is 32.9 Å². The normalized spacial score (nSPS) is 13.8. The third-order valence-electron chi connectivity index (χ3n) is 4.70. The molecule has 1 fully saturated rings. The summed E-state index contributed by atoms with van der Waals surface area (Å²) < 4.78 is 0. The number of carbonyl (C=O) groups excluding carboxylic acids is 1. The first kappa shape index (κ1) is 17.3. The lowest BCUT2D eigenvalue weighted by Gasteiger charge is -2.20. The maximum absolute atomic E-state index is 12.4. The third kappa shape index (κ3) is 4.50. The van der Waals surface area contributed by atoms with Crippen molar-refractivity contribution in [2.75, 3.05) is 25.0 Å². The highest BCUT2D eigenvalue weighted by molar-refractivity contribution is 5.73. The molecule has 1 N–H and O–H groups in total. The molecule has 0 spiro atoms. The van der Waals surface area contributed by atoms with Crippen LogP contribution in [0.2, 0.25) is 0 Å². The van der Waals surface area contributed by atoms with E-state index in [0.29, 0.717) is 13.1 Å². The highest BCUT2D eigenvalue weighted by atomic mass is 16.2. The Morgan fingerprint density at radius 3 is 2.76 bits per heavy atom. The molecule has 3 rings (SSSR count). The number of nitrogens with zero attached hydrogens (tertiary/aromatic N) is 3. The minimum atomic E-state index is -0.0669. The summed E-state index contributed by atoms with van der Waals surface area (Å²) in [6, 6.07) is 12.1. The second-order valence-electron chi connectivity index (χ2n) is 6.66. The SMILES string of the molecule is Cc1ccccc1CN(C)C(=O)NCc1ccnc(N2CCCC2)c1. The average molecular weight is 338 g/mol. The highest BCUT2D eigenvalue weighted by Gasteiger charge is 2.14. The second kappa shape index (κ2) is 8.01. The van der Waals surface area contributed by atoms with Gasteiger partial charge in [-0.2, -0.15) is 0 Å². The zero-order chi connectivity index (χ0) is 17.6. The number of pyridine rings is 1. The number of aryl methyl sites for hydroxylation is 1. The number of benzene rings is 1. The van der Waals surface area contributed by atoms with Crippen molar-refractivity contribution in [3.8, 4) is 0 Å². The van der Waals surface area contributed by atoms with Gasteiger partial charge in [0.25, 0.3) is 0 Å². The quantitative estimate of drug-likeness (QED) is 0.910. The minimum absolute atomic E-state index is 0.0669. The Morgan fingerprint density at radius 1 is 1.24 bits per heavy atom. The number of carbonyl (C=O) groups is 1. The summed E-state index contributed by atoms with van der Waals surface area (Å²) in [6.45, 7) is 5.33. The van der Waals surface area contributed by atoms with E-state index in [1.165, 1.54) is 24.0 Å². The Bertz CT molecular complexity index is 725. The van der Waals surface area contributed by atoms with Crippen LogP contribution in [0.4, 0.5) is 10.6 Å². The molecule has 0 radical (unpaired) electrons. The van der Waals surface area contributed by atoms with Gasteiger partial charge in [0, 0.05) is 39.4 Å². The lowest BCUT2D eigenvalue weighted by molar-refractivity contribution is 0.206. The molecule has 0 unspecified atom stereocenters. The van der Waals surface area contributed by atoms with Gasteiger partial charge >= 0.3 is 6.03 Å². The first-order valence-electron chi connectivity index (χ1n) is 8.87. The van der Waals surface area contributed by atoms with Gasteiger partial charge in [-0.3, -0.25) is 0 Å². The lowest BCUT2D eigenvalue weighted by Crippen LogP contribution is -2.36. The van der Waals surface area contributed by atoms with Crippen LogP contribution in [0.5, 0.6) is 0 Å². The van der Waals surface area contributed by atoms with E-state index in [4.69, 9.17) is 0 Å². The molecule has 132 valence electrons. The van der Waals surface area contributed by atoms with Crippen molar-refractivity contribution in [1.29, 1.82) is 0 Å². The van der Waals surface area contributed by atoms with E-state index in [0.717, 1.165) is 24.5 Å². The molecule has 5 heteroatoms. The second-order valence-corrected chi connectivity index (χ2v) is 6.66. The largest absolute Gasteiger partial charge is 0.357 e. The Balaban J connectivity index is 1.55. The molecule has 2 heterocycles. The molecule has 0 saturated carbocycles. The van der Waals surface area contributed by atoms with Gasteiger partial charge in [-0.05, 0) is 48.6 Å². The number of anilines is 1. The fourth-order valence-corrected chi connectivity index (χ4v) is 3.12. The van der Waals surface area contributed by atoms with Crippen LogP contribution >= 0.6 is 0 Å². The molecular weight excluding hydrogens is 312 g/mol.